The maximum Gasteiger partial charge on any atom is 0.245 e. The number of carbonyl (C=O) groups excluding carboxylic acids is 2. The highest BCUT2D eigenvalue weighted by Gasteiger charge is 2.08. The first-order chi connectivity index (χ1) is 5.07. The number of carbonyl (C=O) groups is 2. The highest BCUT2D eigenvalue weighted by atomic mass is 16.3. The molecule has 0 aliphatic carbocycles. The van der Waals surface area contributed by atoms with Gasteiger partial charge in [-0.2, -0.15) is 5.01 Å². The predicted octanol–water partition coefficient (Wildman–Crippen LogP) is -0.608. The van der Waals surface area contributed by atoms with E-state index in [2.05, 4.69) is 5.29 Å². The molecule has 0 rings (SSSR count). The molecule has 0 aliphatic rings. The summed E-state index contributed by atoms with van der Waals surface area (Å²) in [4.78, 5) is 30.6. The molecular formula is C5H9N3O3. The topological polar surface area (TPSA) is 92.8 Å². The molecule has 0 unspecified atom stereocenters. The van der Waals surface area contributed by atoms with Crippen LogP contribution in [0.3, 0.4) is 0 Å². The lowest BCUT2D eigenvalue weighted by atomic mass is 10.3. The van der Waals surface area contributed by atoms with Gasteiger partial charge in [-0.1, -0.05) is 0 Å². The van der Waals surface area contributed by atoms with E-state index in [0.29, 0.717) is 5.01 Å². The van der Waals surface area contributed by atoms with E-state index in [0.717, 1.165) is 0 Å². The van der Waals surface area contributed by atoms with E-state index in [9.17, 15) is 14.5 Å². The van der Waals surface area contributed by atoms with Crippen molar-refractivity contribution in [1.82, 2.24) is 5.01 Å². The minimum Gasteiger partial charge on any atom is -0.370 e. The Morgan fingerprint density at radius 1 is 1.45 bits per heavy atom. The van der Waals surface area contributed by atoms with Crippen LogP contribution < -0.4 is 5.73 Å². The van der Waals surface area contributed by atoms with Gasteiger partial charge < -0.3 is 5.73 Å². The van der Waals surface area contributed by atoms with Crippen molar-refractivity contribution in [3.05, 3.63) is 4.91 Å². The number of nitrogens with zero attached hydrogens (tertiary/aromatic N) is 2. The predicted molar refractivity (Wildman–Crippen MR) is 37.0 cm³/mol. The zero-order valence-electron chi connectivity index (χ0n) is 6.11. The fraction of sp³-hybridized carbons (Fsp3) is 0.600. The molecule has 0 aromatic rings. The average molecular weight is 159 g/mol. The third-order valence-electron chi connectivity index (χ3n) is 1.07. The zero-order valence-corrected chi connectivity index (χ0v) is 6.11. The lowest BCUT2D eigenvalue weighted by Gasteiger charge is -2.03. The van der Waals surface area contributed by atoms with Gasteiger partial charge in [-0.25, -0.2) is 0 Å². The summed E-state index contributed by atoms with van der Waals surface area (Å²) in [5.41, 5.74) is 4.76. The van der Waals surface area contributed by atoms with Gasteiger partial charge in [0.15, 0.2) is 0 Å². The van der Waals surface area contributed by atoms with Gasteiger partial charge in [0.1, 0.15) is 0 Å². The molecule has 0 spiro atoms. The summed E-state index contributed by atoms with van der Waals surface area (Å²) in [5.74, 6) is -1.09. The van der Waals surface area contributed by atoms with Gasteiger partial charge in [-0.3, -0.25) is 9.59 Å². The van der Waals surface area contributed by atoms with Gasteiger partial charge in [-0.05, 0) is 0 Å². The second-order valence-electron chi connectivity index (χ2n) is 1.97. The highest BCUT2D eigenvalue weighted by molar-refractivity contribution is 5.82. The van der Waals surface area contributed by atoms with E-state index < -0.39 is 11.8 Å². The Morgan fingerprint density at radius 2 is 2.00 bits per heavy atom. The quantitative estimate of drug-likeness (QED) is 0.438. The molecule has 0 aromatic heterocycles. The van der Waals surface area contributed by atoms with Crippen LogP contribution in [0.15, 0.2) is 5.29 Å². The van der Waals surface area contributed by atoms with Crippen LogP contribution in [0.1, 0.15) is 12.8 Å². The van der Waals surface area contributed by atoms with Gasteiger partial charge in [-0.15, -0.1) is 4.91 Å². The summed E-state index contributed by atoms with van der Waals surface area (Å²) >= 11 is 0. The van der Waals surface area contributed by atoms with Crippen LogP contribution in [0.2, 0.25) is 0 Å². The second-order valence-corrected chi connectivity index (χ2v) is 1.97. The van der Waals surface area contributed by atoms with E-state index in [4.69, 9.17) is 5.73 Å². The monoisotopic (exact) mass is 159 g/mol. The molecule has 6 heteroatoms. The van der Waals surface area contributed by atoms with Gasteiger partial charge in [0.2, 0.25) is 11.8 Å². The molecular weight excluding hydrogens is 150 g/mol. The molecule has 2 N–H and O–H groups in total. The Morgan fingerprint density at radius 3 is 2.36 bits per heavy atom. The van der Waals surface area contributed by atoms with Crippen LogP contribution in [0.5, 0.6) is 0 Å². The third kappa shape index (κ3) is 4.01. The maximum absolute atomic E-state index is 10.7. The average Bonchev–Trinajstić information content (AvgIpc) is 1.98. The van der Waals surface area contributed by atoms with E-state index >= 15 is 0 Å². The molecule has 2 amide bonds. The van der Waals surface area contributed by atoms with Crippen LogP contribution in [-0.2, 0) is 9.59 Å². The number of rotatable bonds is 4. The third-order valence-corrected chi connectivity index (χ3v) is 1.07. The Labute approximate surface area is 63.3 Å². The van der Waals surface area contributed by atoms with Gasteiger partial charge in [0, 0.05) is 19.9 Å². The van der Waals surface area contributed by atoms with Crippen molar-refractivity contribution in [3.8, 4) is 0 Å². The largest absolute Gasteiger partial charge is 0.370 e. The zero-order chi connectivity index (χ0) is 8.85. The fourth-order valence-corrected chi connectivity index (χ4v) is 0.437. The second kappa shape index (κ2) is 4.37. The first-order valence-corrected chi connectivity index (χ1v) is 2.96. The number of primary amides is 1. The molecule has 0 radical (unpaired) electrons. The molecule has 0 atom stereocenters. The van der Waals surface area contributed by atoms with Crippen molar-refractivity contribution in [3.63, 3.8) is 0 Å². The molecule has 0 aromatic carbocycles. The molecule has 0 bridgehead atoms. The lowest BCUT2D eigenvalue weighted by Crippen LogP contribution is -2.22. The summed E-state index contributed by atoms with van der Waals surface area (Å²) in [6.07, 6.45) is -0.129. The van der Waals surface area contributed by atoms with E-state index in [-0.39, 0.29) is 12.8 Å². The minimum atomic E-state index is -0.572. The van der Waals surface area contributed by atoms with Gasteiger partial charge >= 0.3 is 0 Å². The first kappa shape index (κ1) is 9.54. The van der Waals surface area contributed by atoms with Crippen LogP contribution in [-0.4, -0.2) is 23.9 Å². The number of nitrogens with two attached hydrogens (primary N) is 1. The fourth-order valence-electron chi connectivity index (χ4n) is 0.437. The summed E-state index contributed by atoms with van der Waals surface area (Å²) in [5, 5.41) is 2.98. The van der Waals surface area contributed by atoms with Crippen molar-refractivity contribution >= 4 is 11.8 Å². The van der Waals surface area contributed by atoms with Gasteiger partial charge in [0.25, 0.3) is 0 Å². The summed E-state index contributed by atoms with van der Waals surface area (Å²) < 4.78 is 0. The number of hydrogen-bond acceptors (Lipinski definition) is 4. The van der Waals surface area contributed by atoms with Gasteiger partial charge in [0.05, 0.1) is 5.29 Å². The lowest BCUT2D eigenvalue weighted by molar-refractivity contribution is -0.132. The van der Waals surface area contributed by atoms with Crippen LogP contribution >= 0.6 is 0 Å². The van der Waals surface area contributed by atoms with Crippen molar-refractivity contribution in [2.24, 2.45) is 11.0 Å². The summed E-state index contributed by atoms with van der Waals surface area (Å²) in [6.45, 7) is 0. The van der Waals surface area contributed by atoms with E-state index in [1.807, 2.05) is 0 Å². The molecule has 6 nitrogen and oxygen atoms in total. The van der Waals surface area contributed by atoms with Crippen LogP contribution in [0.4, 0.5) is 0 Å². The van der Waals surface area contributed by atoms with E-state index in [1.54, 1.807) is 0 Å². The Balaban J connectivity index is 3.69. The molecule has 11 heavy (non-hydrogen) atoms. The minimum absolute atomic E-state index is 0.0569. The Bertz CT molecular complexity index is 180. The van der Waals surface area contributed by atoms with Crippen molar-refractivity contribution in [2.45, 2.75) is 12.8 Å². The van der Waals surface area contributed by atoms with Crippen molar-refractivity contribution in [2.75, 3.05) is 7.05 Å². The molecule has 0 fully saturated rings. The summed E-state index contributed by atoms with van der Waals surface area (Å²) in [7, 11) is 1.22. The molecule has 0 saturated carbocycles. The maximum atomic E-state index is 10.7. The van der Waals surface area contributed by atoms with Crippen LogP contribution in [0.25, 0.3) is 0 Å². The highest BCUT2D eigenvalue weighted by Crippen LogP contribution is 1.94. The first-order valence-electron chi connectivity index (χ1n) is 2.96. The number of hydrogen-bond donors (Lipinski definition) is 1. The molecule has 0 aliphatic heterocycles. The Hall–Kier alpha value is -1.46. The SMILES string of the molecule is CN(N=O)C(=O)CCC(N)=O. The molecule has 62 valence electrons. The number of amides is 2. The summed E-state index contributed by atoms with van der Waals surface area (Å²) in [6, 6.07) is 0. The Kier molecular flexibility index (Phi) is 3.79. The normalized spacial score (nSPS) is 8.82. The van der Waals surface area contributed by atoms with E-state index in [1.165, 1.54) is 7.05 Å². The smallest absolute Gasteiger partial charge is 0.245 e. The molecule has 0 saturated heterocycles. The standard InChI is InChI=1S/C5H9N3O3/c1-8(7-11)5(10)3-2-4(6)9/h2-3H2,1H3,(H2,6,9). The number of nitroso groups, excluding NO2 is 1. The van der Waals surface area contributed by atoms with Crippen molar-refractivity contribution < 1.29 is 9.59 Å². The van der Waals surface area contributed by atoms with Crippen LogP contribution in [0, 0.1) is 4.91 Å². The molecule has 0 heterocycles. The van der Waals surface area contributed by atoms with Crippen molar-refractivity contribution in [1.29, 1.82) is 0 Å².